The third-order valence-corrected chi connectivity index (χ3v) is 7.92. The van der Waals surface area contributed by atoms with Gasteiger partial charge in [0, 0.05) is 51.5 Å². The minimum Gasteiger partial charge on any atom is -0.472 e. The molecule has 1 aliphatic heterocycles. The first kappa shape index (κ1) is 28.9. The van der Waals surface area contributed by atoms with Gasteiger partial charge >= 0.3 is 0 Å². The van der Waals surface area contributed by atoms with Crippen molar-refractivity contribution in [3.8, 4) is 6.19 Å². The van der Waals surface area contributed by atoms with E-state index in [1.54, 1.807) is 49.0 Å². The Kier molecular flexibility index (Phi) is 10.0. The highest BCUT2D eigenvalue weighted by Crippen LogP contribution is 2.33. The zero-order chi connectivity index (χ0) is 28.5. The SMILES string of the molecule is C/C=N/N=C/[C@@H](CC/C=C(/c1ccc(Cl)cc1)c1csc(C)c1C)CC(=O)Nc1ccc2c(c1)COC2=NC#N. The van der Waals surface area contributed by atoms with Crippen LogP contribution in [-0.4, -0.2) is 24.2 Å². The third-order valence-electron chi connectivity index (χ3n) is 6.66. The van der Waals surface area contributed by atoms with Gasteiger partial charge in [-0.1, -0.05) is 29.8 Å². The highest BCUT2D eigenvalue weighted by Gasteiger charge is 2.20. The molecule has 0 radical (unpaired) electrons. The van der Waals surface area contributed by atoms with Crippen LogP contribution in [0.4, 0.5) is 5.69 Å². The first-order chi connectivity index (χ1) is 19.4. The van der Waals surface area contributed by atoms with Gasteiger partial charge in [0.2, 0.25) is 18.0 Å². The number of fused-ring (bicyclic) bond motifs is 1. The molecular weight excluding hydrogens is 542 g/mol. The van der Waals surface area contributed by atoms with E-state index in [1.807, 2.05) is 30.3 Å². The summed E-state index contributed by atoms with van der Waals surface area (Å²) in [6.45, 7) is 6.40. The Morgan fingerprint density at radius 3 is 2.73 bits per heavy atom. The van der Waals surface area contributed by atoms with Crippen LogP contribution in [0.25, 0.3) is 5.57 Å². The standard InChI is InChI=1S/C31H30ClN5O2S/c1-4-35-36-16-22(14-30(38)37-26-12-13-28-24(15-26)17-39-31(28)34-19-33)6-5-7-27(23-8-10-25(32)11-9-23)29-18-40-21(3)20(29)2/h4,7-13,15-16,18,22H,5-6,14,17H2,1-3H3,(H,37,38)/b27-7-,34-31?,35-4+,36-16+/t22-/m0/s1. The summed E-state index contributed by atoms with van der Waals surface area (Å²) in [5, 5.41) is 22.8. The molecule has 0 bridgehead atoms. The van der Waals surface area contributed by atoms with Crippen molar-refractivity contribution >= 4 is 58.4 Å². The molecule has 3 aromatic rings. The van der Waals surface area contributed by atoms with E-state index in [0.29, 0.717) is 23.2 Å². The lowest BCUT2D eigenvalue weighted by molar-refractivity contribution is -0.116. The van der Waals surface area contributed by atoms with Crippen molar-refractivity contribution in [1.29, 1.82) is 5.26 Å². The maximum absolute atomic E-state index is 13.0. The number of carbonyl (C=O) groups excluding carboxylic acids is 1. The zero-order valence-electron chi connectivity index (χ0n) is 22.6. The molecule has 0 saturated heterocycles. The van der Waals surface area contributed by atoms with Crippen LogP contribution >= 0.6 is 22.9 Å². The van der Waals surface area contributed by atoms with Crippen molar-refractivity contribution in [2.24, 2.45) is 21.1 Å². The molecule has 1 amide bonds. The van der Waals surface area contributed by atoms with E-state index in [-0.39, 0.29) is 18.2 Å². The number of hydrogen-bond acceptors (Lipinski definition) is 7. The van der Waals surface area contributed by atoms with Crippen molar-refractivity contribution in [3.63, 3.8) is 0 Å². The molecular formula is C31H30ClN5O2S. The Labute approximate surface area is 243 Å². The average molecular weight is 572 g/mol. The van der Waals surface area contributed by atoms with Gasteiger partial charge in [0.1, 0.15) is 6.61 Å². The summed E-state index contributed by atoms with van der Waals surface area (Å²) in [4.78, 5) is 18.0. The minimum atomic E-state index is -0.118. The Bertz CT molecular complexity index is 1530. The fraction of sp³-hybridized carbons (Fsp3) is 0.258. The van der Waals surface area contributed by atoms with Gasteiger partial charge in [-0.05, 0) is 91.6 Å². The highest BCUT2D eigenvalue weighted by atomic mass is 35.5. The summed E-state index contributed by atoms with van der Waals surface area (Å²) in [5.74, 6) is 0.0822. The lowest BCUT2D eigenvalue weighted by atomic mass is 9.93. The topological polar surface area (TPSA) is 99.2 Å². The summed E-state index contributed by atoms with van der Waals surface area (Å²) in [5.41, 5.74) is 7.05. The monoisotopic (exact) mass is 571 g/mol. The summed E-state index contributed by atoms with van der Waals surface area (Å²) in [6, 6.07) is 13.3. The molecule has 1 aliphatic rings. The molecule has 2 aromatic carbocycles. The predicted molar refractivity (Wildman–Crippen MR) is 164 cm³/mol. The number of ether oxygens (including phenoxy) is 1. The zero-order valence-corrected chi connectivity index (χ0v) is 24.2. The molecule has 7 nitrogen and oxygen atoms in total. The lowest BCUT2D eigenvalue weighted by Gasteiger charge is -2.13. The van der Waals surface area contributed by atoms with Gasteiger partial charge < -0.3 is 10.1 Å². The molecule has 0 spiro atoms. The Morgan fingerprint density at radius 2 is 2.02 bits per heavy atom. The second-order valence-electron chi connectivity index (χ2n) is 9.36. The van der Waals surface area contributed by atoms with Crippen LogP contribution in [0.15, 0.2) is 69.1 Å². The fourth-order valence-corrected chi connectivity index (χ4v) is 5.49. The molecule has 0 fully saturated rings. The first-order valence-corrected chi connectivity index (χ1v) is 14.2. The molecule has 9 heteroatoms. The van der Waals surface area contributed by atoms with E-state index >= 15 is 0 Å². The number of hydrogen-bond donors (Lipinski definition) is 1. The van der Waals surface area contributed by atoms with Crippen LogP contribution in [0, 0.1) is 31.2 Å². The van der Waals surface area contributed by atoms with E-state index in [1.165, 1.54) is 16.0 Å². The summed E-state index contributed by atoms with van der Waals surface area (Å²) in [7, 11) is 0. The van der Waals surface area contributed by atoms with E-state index in [0.717, 1.165) is 35.1 Å². The Morgan fingerprint density at radius 1 is 1.23 bits per heavy atom. The number of benzene rings is 2. The molecule has 0 aliphatic carbocycles. The number of anilines is 1. The highest BCUT2D eigenvalue weighted by molar-refractivity contribution is 7.10. The quantitative estimate of drug-likeness (QED) is 0.153. The van der Waals surface area contributed by atoms with Gasteiger partial charge in [-0.3, -0.25) is 4.79 Å². The molecule has 4 rings (SSSR count). The van der Waals surface area contributed by atoms with Crippen LogP contribution in [0.5, 0.6) is 0 Å². The molecule has 1 atom stereocenters. The maximum atomic E-state index is 13.0. The lowest BCUT2D eigenvalue weighted by Crippen LogP contribution is -2.17. The van der Waals surface area contributed by atoms with Gasteiger partial charge in [0.15, 0.2) is 0 Å². The van der Waals surface area contributed by atoms with Crippen LogP contribution in [0.2, 0.25) is 5.02 Å². The molecule has 40 heavy (non-hydrogen) atoms. The van der Waals surface area contributed by atoms with Gasteiger partial charge in [-0.15, -0.1) is 16.3 Å². The van der Waals surface area contributed by atoms with Crippen molar-refractivity contribution in [3.05, 3.63) is 91.6 Å². The van der Waals surface area contributed by atoms with Gasteiger partial charge in [0.25, 0.3) is 0 Å². The normalized spacial score (nSPS) is 14.9. The largest absolute Gasteiger partial charge is 0.472 e. The van der Waals surface area contributed by atoms with E-state index < -0.39 is 0 Å². The summed E-state index contributed by atoms with van der Waals surface area (Å²) in [6.07, 6.45) is 9.09. The molecule has 1 N–H and O–H groups in total. The minimum absolute atomic E-state index is 0.108. The van der Waals surface area contributed by atoms with Crippen molar-refractivity contribution < 1.29 is 9.53 Å². The summed E-state index contributed by atoms with van der Waals surface area (Å²) < 4.78 is 5.46. The number of aryl methyl sites for hydroxylation is 1. The second-order valence-corrected chi connectivity index (χ2v) is 10.9. The number of nitriles is 1. The number of nitrogens with one attached hydrogen (secondary N) is 1. The average Bonchev–Trinajstić information content (AvgIpc) is 3.49. The molecule has 204 valence electrons. The number of rotatable bonds is 10. The van der Waals surface area contributed by atoms with E-state index in [2.05, 4.69) is 45.8 Å². The molecule has 0 saturated carbocycles. The Hall–Kier alpha value is -4.06. The van der Waals surface area contributed by atoms with Gasteiger partial charge in [-0.25, -0.2) is 0 Å². The number of halogens is 1. The van der Waals surface area contributed by atoms with Crippen LogP contribution in [-0.2, 0) is 16.1 Å². The number of aliphatic imine (C=N–C) groups is 1. The third kappa shape index (κ3) is 7.32. The van der Waals surface area contributed by atoms with Gasteiger partial charge in [-0.2, -0.15) is 15.5 Å². The molecule has 0 unspecified atom stereocenters. The predicted octanol–water partition coefficient (Wildman–Crippen LogP) is 7.71. The Balaban J connectivity index is 1.48. The summed E-state index contributed by atoms with van der Waals surface area (Å²) >= 11 is 7.90. The number of nitrogens with zero attached hydrogens (tertiary/aromatic N) is 4. The number of thiophene rings is 1. The number of allylic oxidation sites excluding steroid dienone is 1. The van der Waals surface area contributed by atoms with Crippen LogP contribution < -0.4 is 5.32 Å². The smallest absolute Gasteiger partial charge is 0.232 e. The number of carbonyl (C=O) groups is 1. The number of amides is 1. The van der Waals surface area contributed by atoms with Crippen LogP contribution in [0.1, 0.15) is 58.9 Å². The van der Waals surface area contributed by atoms with E-state index in [9.17, 15) is 4.79 Å². The van der Waals surface area contributed by atoms with Crippen LogP contribution in [0.3, 0.4) is 0 Å². The first-order valence-electron chi connectivity index (χ1n) is 12.9. The van der Waals surface area contributed by atoms with Crippen molar-refractivity contribution in [2.75, 3.05) is 5.32 Å². The van der Waals surface area contributed by atoms with Gasteiger partial charge in [0.05, 0.1) is 0 Å². The second kappa shape index (κ2) is 13.8. The van der Waals surface area contributed by atoms with Crippen molar-refractivity contribution in [1.82, 2.24) is 0 Å². The molecule has 2 heterocycles. The maximum Gasteiger partial charge on any atom is 0.232 e. The fourth-order valence-electron chi connectivity index (χ4n) is 4.47. The van der Waals surface area contributed by atoms with Crippen molar-refractivity contribution in [2.45, 2.75) is 46.6 Å². The van der Waals surface area contributed by atoms with E-state index in [4.69, 9.17) is 21.6 Å². The molecule has 1 aromatic heterocycles.